The molecule has 2 rings (SSSR count). The Labute approximate surface area is 145 Å². The highest BCUT2D eigenvalue weighted by Crippen LogP contribution is 2.22. The standard InChI is InChI=1S/C15H16N2O6S2/c1-10-6-7-11(15(18)23-2)8-14(10)25(21,22)17-12-4-3-5-13(9-12)24(16,19)20/h3-9,17H,1-2H3,(H2,16,19,20). The molecule has 0 aliphatic heterocycles. The Kier molecular flexibility index (Phi) is 5.16. The number of aryl methyl sites for hydroxylation is 1. The Hall–Kier alpha value is -2.43. The van der Waals surface area contributed by atoms with Crippen LogP contribution in [0.3, 0.4) is 0 Å². The summed E-state index contributed by atoms with van der Waals surface area (Å²) >= 11 is 0. The molecule has 0 saturated heterocycles. The van der Waals surface area contributed by atoms with Crippen molar-refractivity contribution in [1.82, 2.24) is 0 Å². The van der Waals surface area contributed by atoms with Crippen molar-refractivity contribution in [3.8, 4) is 0 Å². The fourth-order valence-corrected chi connectivity index (χ4v) is 3.96. The maximum Gasteiger partial charge on any atom is 0.337 e. The summed E-state index contributed by atoms with van der Waals surface area (Å²) in [6.07, 6.45) is 0. The normalized spacial score (nSPS) is 11.8. The molecular formula is C15H16N2O6S2. The van der Waals surface area contributed by atoms with Crippen molar-refractivity contribution in [3.05, 3.63) is 53.6 Å². The molecule has 0 amide bonds. The number of nitrogens with two attached hydrogens (primary N) is 1. The van der Waals surface area contributed by atoms with Gasteiger partial charge in [-0.3, -0.25) is 4.72 Å². The number of hydrogen-bond acceptors (Lipinski definition) is 6. The summed E-state index contributed by atoms with van der Waals surface area (Å²) in [5.41, 5.74) is 0.504. The van der Waals surface area contributed by atoms with Crippen LogP contribution in [0.15, 0.2) is 52.3 Å². The van der Waals surface area contributed by atoms with Gasteiger partial charge in [-0.25, -0.2) is 26.8 Å². The number of carbonyl (C=O) groups is 1. The number of carbonyl (C=O) groups excluding carboxylic acids is 1. The largest absolute Gasteiger partial charge is 0.465 e. The predicted octanol–water partition coefficient (Wildman–Crippen LogP) is 1.23. The molecule has 0 heterocycles. The molecule has 25 heavy (non-hydrogen) atoms. The molecule has 8 nitrogen and oxygen atoms in total. The van der Waals surface area contributed by atoms with E-state index in [1.54, 1.807) is 6.92 Å². The highest BCUT2D eigenvalue weighted by molar-refractivity contribution is 7.92. The van der Waals surface area contributed by atoms with Crippen LogP contribution in [0.2, 0.25) is 0 Å². The van der Waals surface area contributed by atoms with Gasteiger partial charge in [-0.05, 0) is 42.8 Å². The third-order valence-electron chi connectivity index (χ3n) is 3.31. The van der Waals surface area contributed by atoms with Crippen LogP contribution in [0.25, 0.3) is 0 Å². The average Bonchev–Trinajstić information content (AvgIpc) is 2.53. The van der Waals surface area contributed by atoms with Gasteiger partial charge in [0.1, 0.15) is 0 Å². The number of hydrogen-bond donors (Lipinski definition) is 2. The first-order valence-electron chi connectivity index (χ1n) is 6.89. The molecule has 0 bridgehead atoms. The van der Waals surface area contributed by atoms with Gasteiger partial charge in [-0.2, -0.15) is 0 Å². The van der Waals surface area contributed by atoms with Gasteiger partial charge >= 0.3 is 5.97 Å². The van der Waals surface area contributed by atoms with E-state index in [2.05, 4.69) is 9.46 Å². The van der Waals surface area contributed by atoms with Crippen molar-refractivity contribution < 1.29 is 26.4 Å². The highest BCUT2D eigenvalue weighted by atomic mass is 32.2. The van der Waals surface area contributed by atoms with E-state index < -0.39 is 26.0 Å². The predicted molar refractivity (Wildman–Crippen MR) is 91.1 cm³/mol. The number of benzene rings is 2. The van der Waals surface area contributed by atoms with E-state index in [9.17, 15) is 21.6 Å². The van der Waals surface area contributed by atoms with Crippen molar-refractivity contribution in [1.29, 1.82) is 0 Å². The molecule has 3 N–H and O–H groups in total. The Balaban J connectivity index is 2.45. The van der Waals surface area contributed by atoms with Gasteiger partial charge in [0.05, 0.1) is 28.2 Å². The third-order valence-corrected chi connectivity index (χ3v) is 5.75. The Morgan fingerprint density at radius 2 is 1.76 bits per heavy atom. The SMILES string of the molecule is COC(=O)c1ccc(C)c(S(=O)(=O)Nc2cccc(S(N)(=O)=O)c2)c1. The number of esters is 1. The van der Waals surface area contributed by atoms with Gasteiger partial charge in [0, 0.05) is 0 Å². The van der Waals surface area contributed by atoms with Crippen molar-refractivity contribution in [2.45, 2.75) is 16.7 Å². The van der Waals surface area contributed by atoms with Crippen molar-refractivity contribution in [2.75, 3.05) is 11.8 Å². The second-order valence-corrected chi connectivity index (χ2v) is 8.36. The summed E-state index contributed by atoms with van der Waals surface area (Å²) in [5, 5.41) is 5.04. The van der Waals surface area contributed by atoms with Gasteiger partial charge in [0.2, 0.25) is 10.0 Å². The summed E-state index contributed by atoms with van der Waals surface area (Å²) in [6.45, 7) is 1.57. The molecule has 0 radical (unpaired) electrons. The number of rotatable bonds is 5. The summed E-state index contributed by atoms with van der Waals surface area (Å²) < 4.78 is 54.8. The van der Waals surface area contributed by atoms with Crippen LogP contribution in [0.1, 0.15) is 15.9 Å². The lowest BCUT2D eigenvalue weighted by Crippen LogP contribution is -2.17. The van der Waals surface area contributed by atoms with Gasteiger partial charge in [0.15, 0.2) is 0 Å². The first-order valence-corrected chi connectivity index (χ1v) is 9.92. The fourth-order valence-electron chi connectivity index (χ4n) is 2.08. The zero-order chi connectivity index (χ0) is 18.8. The van der Waals surface area contributed by atoms with Crippen LogP contribution < -0.4 is 9.86 Å². The van der Waals surface area contributed by atoms with Gasteiger partial charge in [-0.1, -0.05) is 12.1 Å². The van der Waals surface area contributed by atoms with Crippen LogP contribution >= 0.6 is 0 Å². The monoisotopic (exact) mass is 384 g/mol. The minimum atomic E-state index is -4.06. The summed E-state index contributed by atoms with van der Waals surface area (Å²) in [6, 6.07) is 9.19. The average molecular weight is 384 g/mol. The van der Waals surface area contributed by atoms with Crippen LogP contribution in [0, 0.1) is 6.92 Å². The van der Waals surface area contributed by atoms with Crippen LogP contribution in [0.5, 0.6) is 0 Å². The summed E-state index contributed by atoms with van der Waals surface area (Å²) in [4.78, 5) is 11.2. The molecule has 0 saturated carbocycles. The van der Waals surface area contributed by atoms with Crippen LogP contribution in [-0.4, -0.2) is 29.9 Å². The molecule has 0 spiro atoms. The van der Waals surface area contributed by atoms with Gasteiger partial charge < -0.3 is 4.74 Å². The highest BCUT2D eigenvalue weighted by Gasteiger charge is 2.20. The molecule has 2 aromatic carbocycles. The maximum absolute atomic E-state index is 12.6. The van der Waals surface area contributed by atoms with E-state index in [-0.39, 0.29) is 21.0 Å². The molecule has 0 aliphatic carbocycles. The van der Waals surface area contributed by atoms with E-state index in [0.717, 1.165) is 6.07 Å². The number of primary sulfonamides is 1. The van der Waals surface area contributed by atoms with Crippen molar-refractivity contribution in [2.24, 2.45) is 5.14 Å². The van der Waals surface area contributed by atoms with E-state index in [0.29, 0.717) is 5.56 Å². The van der Waals surface area contributed by atoms with Crippen molar-refractivity contribution in [3.63, 3.8) is 0 Å². The minimum Gasteiger partial charge on any atom is -0.465 e. The Bertz CT molecular complexity index is 1030. The zero-order valence-corrected chi connectivity index (χ0v) is 15.0. The molecule has 2 aromatic rings. The van der Waals surface area contributed by atoms with Crippen LogP contribution in [0.4, 0.5) is 5.69 Å². The Morgan fingerprint density at radius 1 is 1.08 bits per heavy atom. The third kappa shape index (κ3) is 4.35. The topological polar surface area (TPSA) is 133 Å². The smallest absolute Gasteiger partial charge is 0.337 e. The quantitative estimate of drug-likeness (QED) is 0.745. The fraction of sp³-hybridized carbons (Fsp3) is 0.133. The molecule has 0 aromatic heterocycles. The van der Waals surface area contributed by atoms with Crippen LogP contribution in [-0.2, 0) is 24.8 Å². The second-order valence-electron chi connectivity index (χ2n) is 5.15. The summed E-state index contributed by atoms with van der Waals surface area (Å²) in [5.74, 6) is -0.673. The first kappa shape index (κ1) is 18.9. The summed E-state index contributed by atoms with van der Waals surface area (Å²) in [7, 11) is -6.85. The lowest BCUT2D eigenvalue weighted by molar-refractivity contribution is 0.0600. The molecule has 0 atom stereocenters. The second kappa shape index (κ2) is 6.82. The van der Waals surface area contributed by atoms with E-state index in [4.69, 9.17) is 5.14 Å². The first-order chi connectivity index (χ1) is 11.5. The molecule has 134 valence electrons. The Morgan fingerprint density at radius 3 is 2.36 bits per heavy atom. The maximum atomic E-state index is 12.6. The van der Waals surface area contributed by atoms with E-state index in [1.165, 1.54) is 43.5 Å². The van der Waals surface area contributed by atoms with Gasteiger partial charge in [-0.15, -0.1) is 0 Å². The number of anilines is 1. The van der Waals surface area contributed by atoms with E-state index >= 15 is 0 Å². The lowest BCUT2D eigenvalue weighted by Gasteiger charge is -2.12. The minimum absolute atomic E-state index is 0.0226. The number of methoxy groups -OCH3 is 1. The molecule has 0 fully saturated rings. The lowest BCUT2D eigenvalue weighted by atomic mass is 10.1. The molecule has 0 aliphatic rings. The molecule has 0 unspecified atom stereocenters. The number of nitrogens with one attached hydrogen (secondary N) is 1. The van der Waals surface area contributed by atoms with Crippen molar-refractivity contribution >= 4 is 31.7 Å². The van der Waals surface area contributed by atoms with E-state index in [1.807, 2.05) is 0 Å². The number of ether oxygens (including phenoxy) is 1. The van der Waals surface area contributed by atoms with Gasteiger partial charge in [0.25, 0.3) is 10.0 Å². The zero-order valence-electron chi connectivity index (χ0n) is 13.4. The molecular weight excluding hydrogens is 368 g/mol. The molecule has 10 heteroatoms. The number of sulfonamides is 2.